The maximum atomic E-state index is 12.3. The topological polar surface area (TPSA) is 105 Å². The molecule has 1 aliphatic rings. The van der Waals surface area contributed by atoms with E-state index >= 15 is 0 Å². The van der Waals surface area contributed by atoms with Crippen molar-refractivity contribution in [1.29, 1.82) is 0 Å². The molecule has 0 aromatic heterocycles. The Morgan fingerprint density at radius 3 is 2.54 bits per heavy atom. The van der Waals surface area contributed by atoms with E-state index in [1.54, 1.807) is 36.9 Å². The minimum atomic E-state index is -0.759. The molecule has 0 spiro atoms. The van der Waals surface area contributed by atoms with Crippen molar-refractivity contribution in [3.05, 3.63) is 23.2 Å². The lowest BCUT2D eigenvalue weighted by Gasteiger charge is -2.21. The summed E-state index contributed by atoms with van der Waals surface area (Å²) in [4.78, 5) is 36.8. The second-order valence-electron chi connectivity index (χ2n) is 6.03. The summed E-state index contributed by atoms with van der Waals surface area (Å²) in [6, 6.07) is 3.45. The first-order chi connectivity index (χ1) is 11.3. The van der Waals surface area contributed by atoms with Crippen molar-refractivity contribution in [2.75, 3.05) is 16.8 Å². The van der Waals surface area contributed by atoms with Gasteiger partial charge in [-0.05, 0) is 30.5 Å². The number of hydrogen-bond acceptors (Lipinski definition) is 3. The average Bonchev–Trinajstić information content (AvgIpc) is 2.90. The summed E-state index contributed by atoms with van der Waals surface area (Å²) in [6.45, 7) is 4.24. The smallest absolute Gasteiger partial charge is 0.312 e. The average molecular weight is 353 g/mol. The van der Waals surface area contributed by atoms with Crippen LogP contribution < -0.4 is 21.3 Å². The molecular weight excluding hydrogens is 332 g/mol. The fourth-order valence-corrected chi connectivity index (χ4v) is 2.90. The number of urea groups is 1. The van der Waals surface area contributed by atoms with E-state index in [-0.39, 0.29) is 17.7 Å². The highest BCUT2D eigenvalue weighted by Crippen LogP contribution is 2.31. The second-order valence-corrected chi connectivity index (χ2v) is 6.44. The molecule has 0 unspecified atom stereocenters. The molecule has 4 amide bonds. The molecule has 1 aromatic carbocycles. The van der Waals surface area contributed by atoms with Crippen LogP contribution in [0.1, 0.15) is 26.7 Å². The molecule has 0 aliphatic carbocycles. The van der Waals surface area contributed by atoms with Gasteiger partial charge in [-0.2, -0.15) is 0 Å². The minimum Gasteiger partial charge on any atom is -0.352 e. The number of rotatable bonds is 5. The maximum Gasteiger partial charge on any atom is 0.312 e. The third-order valence-electron chi connectivity index (χ3n) is 3.83. The molecule has 24 heavy (non-hydrogen) atoms. The van der Waals surface area contributed by atoms with Gasteiger partial charge in [0, 0.05) is 18.7 Å². The Labute approximate surface area is 145 Å². The van der Waals surface area contributed by atoms with E-state index in [2.05, 4.69) is 10.6 Å². The van der Waals surface area contributed by atoms with Crippen LogP contribution in [0.4, 0.5) is 16.2 Å². The van der Waals surface area contributed by atoms with Gasteiger partial charge in [0.25, 0.3) is 0 Å². The van der Waals surface area contributed by atoms with Crippen molar-refractivity contribution in [3.63, 3.8) is 0 Å². The van der Waals surface area contributed by atoms with Crippen LogP contribution in [0.25, 0.3) is 0 Å². The van der Waals surface area contributed by atoms with Crippen LogP contribution in [0.3, 0.4) is 0 Å². The van der Waals surface area contributed by atoms with Gasteiger partial charge in [0.1, 0.15) is 6.04 Å². The molecule has 4 N–H and O–H groups in total. The van der Waals surface area contributed by atoms with Gasteiger partial charge in [-0.25, -0.2) is 4.79 Å². The van der Waals surface area contributed by atoms with Crippen molar-refractivity contribution >= 4 is 40.8 Å². The Balaban J connectivity index is 2.12. The first kappa shape index (κ1) is 18.1. The van der Waals surface area contributed by atoms with Crippen LogP contribution >= 0.6 is 11.6 Å². The van der Waals surface area contributed by atoms with E-state index in [0.717, 1.165) is 6.42 Å². The highest BCUT2D eigenvalue weighted by Gasteiger charge is 2.25. The quantitative estimate of drug-likeness (QED) is 0.755. The molecule has 1 aliphatic heterocycles. The summed E-state index contributed by atoms with van der Waals surface area (Å²) in [5.41, 5.74) is 6.22. The number of nitrogens with zero attached hydrogens (tertiary/aromatic N) is 1. The molecule has 1 saturated heterocycles. The number of amides is 4. The normalized spacial score (nSPS) is 15.5. The van der Waals surface area contributed by atoms with E-state index in [0.29, 0.717) is 29.4 Å². The summed E-state index contributed by atoms with van der Waals surface area (Å²) in [6.07, 6.45) is 1.33. The third kappa shape index (κ3) is 4.17. The summed E-state index contributed by atoms with van der Waals surface area (Å²) >= 11 is 6.25. The van der Waals surface area contributed by atoms with Gasteiger partial charge >= 0.3 is 6.03 Å². The Bertz CT molecular complexity index is 663. The Morgan fingerprint density at radius 2 is 2.04 bits per heavy atom. The fraction of sp³-hybridized carbons (Fsp3) is 0.438. The molecule has 130 valence electrons. The minimum absolute atomic E-state index is 0.0409. The van der Waals surface area contributed by atoms with Crippen molar-refractivity contribution in [2.24, 2.45) is 11.7 Å². The monoisotopic (exact) mass is 352 g/mol. The molecule has 0 bridgehead atoms. The number of nitrogens with two attached hydrogens (primary N) is 1. The van der Waals surface area contributed by atoms with E-state index < -0.39 is 12.1 Å². The Hall–Kier alpha value is -2.28. The highest BCUT2D eigenvalue weighted by molar-refractivity contribution is 6.34. The van der Waals surface area contributed by atoms with E-state index in [1.165, 1.54) is 0 Å². The first-order valence-corrected chi connectivity index (χ1v) is 8.14. The van der Waals surface area contributed by atoms with Crippen LogP contribution in [0.5, 0.6) is 0 Å². The summed E-state index contributed by atoms with van der Waals surface area (Å²) < 4.78 is 0. The fourth-order valence-electron chi connectivity index (χ4n) is 2.61. The molecular formula is C16H21ClN4O3. The molecule has 1 aromatic rings. The number of nitrogens with one attached hydrogen (secondary N) is 2. The first-order valence-electron chi connectivity index (χ1n) is 7.76. The van der Waals surface area contributed by atoms with Gasteiger partial charge in [0.15, 0.2) is 0 Å². The standard InChI is InChI=1S/C16H21ClN4O3/c1-9(2)14(20-16(18)24)15(23)19-10-5-6-12(11(17)8-10)21-7-3-4-13(21)22/h5-6,8-9,14H,3-4,7H2,1-2H3,(H,19,23)(H3,18,20,24)/t14-/m1/s1. The Morgan fingerprint density at radius 1 is 1.33 bits per heavy atom. The number of benzene rings is 1. The van der Waals surface area contributed by atoms with Gasteiger partial charge in [-0.15, -0.1) is 0 Å². The molecule has 8 heteroatoms. The van der Waals surface area contributed by atoms with Gasteiger partial charge in [0.2, 0.25) is 11.8 Å². The lowest BCUT2D eigenvalue weighted by Crippen LogP contribution is -2.49. The number of carbonyl (C=O) groups is 3. The molecule has 2 rings (SSSR count). The van der Waals surface area contributed by atoms with Crippen molar-refractivity contribution in [3.8, 4) is 0 Å². The lowest BCUT2D eigenvalue weighted by atomic mass is 10.0. The van der Waals surface area contributed by atoms with Crippen LogP contribution in [0, 0.1) is 5.92 Å². The Kier molecular flexibility index (Phi) is 5.66. The molecule has 0 saturated carbocycles. The zero-order valence-electron chi connectivity index (χ0n) is 13.6. The SMILES string of the molecule is CC(C)[C@@H](NC(N)=O)C(=O)Nc1ccc(N2CCCC2=O)c(Cl)c1. The zero-order valence-corrected chi connectivity index (χ0v) is 14.4. The predicted molar refractivity (Wildman–Crippen MR) is 93.0 cm³/mol. The van der Waals surface area contributed by atoms with Crippen LogP contribution in [0.15, 0.2) is 18.2 Å². The highest BCUT2D eigenvalue weighted by atomic mass is 35.5. The van der Waals surface area contributed by atoms with Gasteiger partial charge in [0.05, 0.1) is 10.7 Å². The molecule has 1 heterocycles. The van der Waals surface area contributed by atoms with Crippen LogP contribution in [0.2, 0.25) is 5.02 Å². The predicted octanol–water partition coefficient (Wildman–Crippen LogP) is 2.10. The van der Waals surface area contributed by atoms with Crippen molar-refractivity contribution < 1.29 is 14.4 Å². The number of halogens is 1. The van der Waals surface area contributed by atoms with Crippen LogP contribution in [-0.4, -0.2) is 30.4 Å². The van der Waals surface area contributed by atoms with Crippen molar-refractivity contribution in [2.45, 2.75) is 32.7 Å². The van der Waals surface area contributed by atoms with Gasteiger partial charge < -0.3 is 21.3 Å². The lowest BCUT2D eigenvalue weighted by molar-refractivity contribution is -0.119. The second kappa shape index (κ2) is 7.53. The molecule has 0 radical (unpaired) electrons. The van der Waals surface area contributed by atoms with Crippen LogP contribution in [-0.2, 0) is 9.59 Å². The molecule has 7 nitrogen and oxygen atoms in total. The van der Waals surface area contributed by atoms with Gasteiger partial charge in [-0.3, -0.25) is 9.59 Å². The maximum absolute atomic E-state index is 12.3. The molecule has 1 atom stereocenters. The summed E-state index contributed by atoms with van der Waals surface area (Å²) in [5.74, 6) is -0.474. The number of anilines is 2. The van der Waals surface area contributed by atoms with E-state index in [4.69, 9.17) is 17.3 Å². The number of hydrogen-bond donors (Lipinski definition) is 3. The van der Waals surface area contributed by atoms with Gasteiger partial charge in [-0.1, -0.05) is 25.4 Å². The largest absolute Gasteiger partial charge is 0.352 e. The summed E-state index contributed by atoms with van der Waals surface area (Å²) in [5, 5.41) is 5.50. The number of carbonyl (C=O) groups excluding carboxylic acids is 3. The van der Waals surface area contributed by atoms with Crippen molar-refractivity contribution in [1.82, 2.24) is 5.32 Å². The zero-order chi connectivity index (χ0) is 17.9. The van der Waals surface area contributed by atoms with E-state index in [9.17, 15) is 14.4 Å². The molecule has 1 fully saturated rings. The number of primary amides is 1. The third-order valence-corrected chi connectivity index (χ3v) is 4.13. The summed E-state index contributed by atoms with van der Waals surface area (Å²) in [7, 11) is 0. The van der Waals surface area contributed by atoms with E-state index in [1.807, 2.05) is 0 Å².